The zero-order valence-electron chi connectivity index (χ0n) is 14.0. The number of nitrogens with zero attached hydrogens (tertiary/aromatic N) is 2. The molecule has 5 nitrogen and oxygen atoms in total. The number of hydrogen-bond acceptors (Lipinski definition) is 4. The molecule has 0 heterocycles. The van der Waals surface area contributed by atoms with E-state index in [1.807, 2.05) is 19.0 Å². The zero-order chi connectivity index (χ0) is 15.8. The summed E-state index contributed by atoms with van der Waals surface area (Å²) in [6, 6.07) is 0.401. The summed E-state index contributed by atoms with van der Waals surface area (Å²) in [5.41, 5.74) is 0. The maximum Gasteiger partial charge on any atom is 0.214 e. The van der Waals surface area contributed by atoms with Gasteiger partial charge in [0.25, 0.3) is 0 Å². The molecule has 0 rings (SSSR count). The minimum absolute atomic E-state index is 0.229. The minimum Gasteiger partial charge on any atom is -0.314 e. The van der Waals surface area contributed by atoms with Crippen LogP contribution in [0.2, 0.25) is 0 Å². The Morgan fingerprint density at radius 3 is 2.10 bits per heavy atom. The Balaban J connectivity index is 4.43. The Bertz CT molecular complexity index is 340. The van der Waals surface area contributed by atoms with E-state index in [9.17, 15) is 8.42 Å². The van der Waals surface area contributed by atoms with Crippen LogP contribution in [0.4, 0.5) is 0 Å². The number of nitrogens with one attached hydrogen (secondary N) is 1. The molecule has 1 N–H and O–H groups in total. The van der Waals surface area contributed by atoms with E-state index in [1.165, 1.54) is 0 Å². The summed E-state index contributed by atoms with van der Waals surface area (Å²) in [6.45, 7) is 10.9. The van der Waals surface area contributed by atoms with E-state index in [0.29, 0.717) is 31.5 Å². The molecule has 0 saturated heterocycles. The van der Waals surface area contributed by atoms with E-state index < -0.39 is 10.0 Å². The minimum atomic E-state index is -3.14. The summed E-state index contributed by atoms with van der Waals surface area (Å²) in [5, 5.41) is 3.26. The molecule has 0 aliphatic rings. The highest BCUT2D eigenvalue weighted by molar-refractivity contribution is 7.89. The second-order valence-corrected chi connectivity index (χ2v) is 8.42. The molecular weight excluding hydrogens is 274 g/mol. The van der Waals surface area contributed by atoms with Gasteiger partial charge >= 0.3 is 0 Å². The lowest BCUT2D eigenvalue weighted by Gasteiger charge is -2.25. The van der Waals surface area contributed by atoms with Crippen LogP contribution in [0.1, 0.15) is 34.1 Å². The molecule has 122 valence electrons. The van der Waals surface area contributed by atoms with Gasteiger partial charge in [0.05, 0.1) is 5.75 Å². The molecule has 0 aliphatic heterocycles. The van der Waals surface area contributed by atoms with Gasteiger partial charge in [-0.3, -0.25) is 0 Å². The maximum atomic E-state index is 12.4. The summed E-state index contributed by atoms with van der Waals surface area (Å²) >= 11 is 0. The number of rotatable bonds is 11. The third-order valence-corrected chi connectivity index (χ3v) is 4.81. The highest BCUT2D eigenvalue weighted by Gasteiger charge is 2.22. The molecule has 0 spiro atoms. The van der Waals surface area contributed by atoms with Gasteiger partial charge in [-0.25, -0.2) is 12.7 Å². The van der Waals surface area contributed by atoms with Gasteiger partial charge in [-0.1, -0.05) is 27.7 Å². The summed E-state index contributed by atoms with van der Waals surface area (Å²) in [5.74, 6) is 0.577. The average molecular weight is 308 g/mol. The standard InChI is InChI=1S/C14H33N3O2S/c1-13(2)12-17(10-9-16(5)6)20(18,19)11-7-8-15-14(3)4/h13-15H,7-12H2,1-6H3. The Hall–Kier alpha value is -0.170. The summed E-state index contributed by atoms with van der Waals surface area (Å²) in [4.78, 5) is 2.02. The van der Waals surface area contributed by atoms with Crippen LogP contribution in [0.5, 0.6) is 0 Å². The molecule has 0 aliphatic carbocycles. The first-order valence-corrected chi connectivity index (χ1v) is 9.12. The largest absolute Gasteiger partial charge is 0.314 e. The zero-order valence-corrected chi connectivity index (χ0v) is 14.8. The van der Waals surface area contributed by atoms with Gasteiger partial charge in [-0.15, -0.1) is 0 Å². The smallest absolute Gasteiger partial charge is 0.214 e. The quantitative estimate of drug-likeness (QED) is 0.583. The SMILES string of the molecule is CC(C)CN(CCN(C)C)S(=O)(=O)CCCNC(C)C. The predicted octanol–water partition coefficient (Wildman–Crippen LogP) is 1.22. The van der Waals surface area contributed by atoms with Gasteiger partial charge in [-0.2, -0.15) is 0 Å². The van der Waals surface area contributed by atoms with Gasteiger partial charge in [0, 0.05) is 25.7 Å². The maximum absolute atomic E-state index is 12.4. The lowest BCUT2D eigenvalue weighted by Crippen LogP contribution is -2.40. The fourth-order valence-corrected chi connectivity index (χ4v) is 3.49. The summed E-state index contributed by atoms with van der Waals surface area (Å²) in [7, 11) is 0.786. The van der Waals surface area contributed by atoms with Crippen LogP contribution in [0, 0.1) is 5.92 Å². The molecule has 0 amide bonds. The Kier molecular flexibility index (Phi) is 9.63. The first kappa shape index (κ1) is 19.8. The molecule has 0 aromatic rings. The van der Waals surface area contributed by atoms with E-state index in [4.69, 9.17) is 0 Å². The van der Waals surface area contributed by atoms with Gasteiger partial charge in [0.15, 0.2) is 0 Å². The topological polar surface area (TPSA) is 52.7 Å². The van der Waals surface area contributed by atoms with Crippen LogP contribution in [0.3, 0.4) is 0 Å². The Labute approximate surface area is 125 Å². The second kappa shape index (κ2) is 9.71. The van der Waals surface area contributed by atoms with Crippen molar-refractivity contribution in [3.05, 3.63) is 0 Å². The highest BCUT2D eigenvalue weighted by Crippen LogP contribution is 2.08. The Morgan fingerprint density at radius 1 is 1.05 bits per heavy atom. The van der Waals surface area contributed by atoms with Crippen molar-refractivity contribution in [3.8, 4) is 0 Å². The first-order valence-electron chi connectivity index (χ1n) is 7.51. The molecule has 0 aromatic carbocycles. The van der Waals surface area contributed by atoms with Crippen LogP contribution < -0.4 is 5.32 Å². The lowest BCUT2D eigenvalue weighted by molar-refractivity contribution is 0.312. The Morgan fingerprint density at radius 2 is 1.65 bits per heavy atom. The van der Waals surface area contributed by atoms with Crippen molar-refractivity contribution in [2.45, 2.75) is 40.2 Å². The van der Waals surface area contributed by atoms with Gasteiger partial charge in [0.2, 0.25) is 10.0 Å². The van der Waals surface area contributed by atoms with Crippen molar-refractivity contribution in [2.24, 2.45) is 5.92 Å². The molecule has 20 heavy (non-hydrogen) atoms. The fourth-order valence-electron chi connectivity index (χ4n) is 1.84. The van der Waals surface area contributed by atoms with E-state index >= 15 is 0 Å². The fraction of sp³-hybridized carbons (Fsp3) is 1.00. The van der Waals surface area contributed by atoms with Crippen molar-refractivity contribution >= 4 is 10.0 Å². The van der Waals surface area contributed by atoms with E-state index in [-0.39, 0.29) is 5.75 Å². The van der Waals surface area contributed by atoms with Crippen LogP contribution >= 0.6 is 0 Å². The van der Waals surface area contributed by atoms with Crippen LogP contribution in [-0.4, -0.2) is 69.7 Å². The molecular formula is C14H33N3O2S. The third-order valence-electron chi connectivity index (χ3n) is 2.89. The van der Waals surface area contributed by atoms with E-state index in [2.05, 4.69) is 33.0 Å². The predicted molar refractivity (Wildman–Crippen MR) is 86.5 cm³/mol. The molecule has 0 radical (unpaired) electrons. The van der Waals surface area contributed by atoms with E-state index in [1.54, 1.807) is 4.31 Å². The van der Waals surface area contributed by atoms with Crippen LogP contribution in [0.25, 0.3) is 0 Å². The molecule has 0 fully saturated rings. The highest BCUT2D eigenvalue weighted by atomic mass is 32.2. The normalized spacial score (nSPS) is 13.1. The average Bonchev–Trinajstić information content (AvgIpc) is 2.29. The molecule has 0 unspecified atom stereocenters. The van der Waals surface area contributed by atoms with Crippen molar-refractivity contribution in [2.75, 3.05) is 46.0 Å². The van der Waals surface area contributed by atoms with Crippen LogP contribution in [0.15, 0.2) is 0 Å². The molecule has 0 bridgehead atoms. The first-order chi connectivity index (χ1) is 9.15. The second-order valence-electron chi connectivity index (χ2n) is 6.33. The van der Waals surface area contributed by atoms with Gasteiger partial charge in [-0.05, 0) is 33.0 Å². The monoisotopic (exact) mass is 307 g/mol. The lowest BCUT2D eigenvalue weighted by atomic mass is 10.2. The van der Waals surface area contributed by atoms with Gasteiger partial charge in [0.1, 0.15) is 0 Å². The number of likely N-dealkylation sites (N-methyl/N-ethyl adjacent to an activating group) is 1. The van der Waals surface area contributed by atoms with Crippen molar-refractivity contribution < 1.29 is 8.42 Å². The molecule has 0 atom stereocenters. The number of hydrogen-bond donors (Lipinski definition) is 1. The van der Waals surface area contributed by atoms with Crippen LogP contribution in [-0.2, 0) is 10.0 Å². The van der Waals surface area contributed by atoms with Crippen molar-refractivity contribution in [3.63, 3.8) is 0 Å². The third kappa shape index (κ3) is 9.69. The summed E-state index contributed by atoms with van der Waals surface area (Å²) in [6.07, 6.45) is 0.664. The number of sulfonamides is 1. The molecule has 0 saturated carbocycles. The molecule has 0 aromatic heterocycles. The van der Waals surface area contributed by atoms with Gasteiger partial charge < -0.3 is 10.2 Å². The van der Waals surface area contributed by atoms with E-state index in [0.717, 1.165) is 13.1 Å². The van der Waals surface area contributed by atoms with Crippen molar-refractivity contribution in [1.29, 1.82) is 0 Å². The summed E-state index contributed by atoms with van der Waals surface area (Å²) < 4.78 is 26.5. The van der Waals surface area contributed by atoms with Crippen molar-refractivity contribution in [1.82, 2.24) is 14.5 Å². The molecule has 6 heteroatoms.